The van der Waals surface area contributed by atoms with Gasteiger partial charge < -0.3 is 5.73 Å². The van der Waals surface area contributed by atoms with Crippen molar-refractivity contribution in [1.82, 2.24) is 0 Å². The standard InChI is InChI=1S/C14H21N/c1-4-11-6-5-7-12(10-11)13(2,3)14(15)8-9-14/h5-7,10H,4,8-9,15H2,1-3H3. The van der Waals surface area contributed by atoms with Gasteiger partial charge in [-0.3, -0.25) is 0 Å². The second-order valence-electron chi connectivity index (χ2n) is 5.34. The van der Waals surface area contributed by atoms with Gasteiger partial charge in [-0.05, 0) is 30.4 Å². The van der Waals surface area contributed by atoms with Crippen molar-refractivity contribution < 1.29 is 0 Å². The Morgan fingerprint density at radius 3 is 2.53 bits per heavy atom. The molecule has 0 radical (unpaired) electrons. The molecule has 2 rings (SSSR count). The molecular formula is C14H21N. The molecule has 0 aliphatic heterocycles. The molecule has 1 heteroatoms. The number of hydrogen-bond acceptors (Lipinski definition) is 1. The predicted molar refractivity (Wildman–Crippen MR) is 65.0 cm³/mol. The average molecular weight is 203 g/mol. The van der Waals surface area contributed by atoms with E-state index < -0.39 is 0 Å². The summed E-state index contributed by atoms with van der Waals surface area (Å²) < 4.78 is 0. The second kappa shape index (κ2) is 3.34. The molecule has 0 unspecified atom stereocenters. The molecule has 0 aromatic heterocycles. The summed E-state index contributed by atoms with van der Waals surface area (Å²) in [6.07, 6.45) is 3.42. The van der Waals surface area contributed by atoms with Crippen LogP contribution in [0.25, 0.3) is 0 Å². The van der Waals surface area contributed by atoms with Crippen LogP contribution in [-0.4, -0.2) is 5.54 Å². The van der Waals surface area contributed by atoms with Gasteiger partial charge in [-0.1, -0.05) is 45.0 Å². The molecule has 2 N–H and O–H groups in total. The Morgan fingerprint density at radius 1 is 1.33 bits per heavy atom. The summed E-state index contributed by atoms with van der Waals surface area (Å²) in [4.78, 5) is 0. The molecule has 15 heavy (non-hydrogen) atoms. The van der Waals surface area contributed by atoms with Crippen LogP contribution in [0.3, 0.4) is 0 Å². The predicted octanol–water partition coefficient (Wildman–Crippen LogP) is 3.02. The monoisotopic (exact) mass is 203 g/mol. The summed E-state index contributed by atoms with van der Waals surface area (Å²) in [5.41, 5.74) is 9.30. The third-order valence-electron chi connectivity index (χ3n) is 4.09. The van der Waals surface area contributed by atoms with Gasteiger partial charge in [0.05, 0.1) is 0 Å². The van der Waals surface area contributed by atoms with Crippen LogP contribution in [0.2, 0.25) is 0 Å². The van der Waals surface area contributed by atoms with Gasteiger partial charge in [0.15, 0.2) is 0 Å². The van der Waals surface area contributed by atoms with Crippen molar-refractivity contribution in [3.8, 4) is 0 Å². The van der Waals surface area contributed by atoms with Gasteiger partial charge in [0, 0.05) is 11.0 Å². The molecule has 1 aliphatic carbocycles. The highest BCUT2D eigenvalue weighted by molar-refractivity contribution is 5.35. The topological polar surface area (TPSA) is 26.0 Å². The zero-order chi connectivity index (χ0) is 11.1. The van der Waals surface area contributed by atoms with E-state index in [1.165, 1.54) is 11.1 Å². The van der Waals surface area contributed by atoms with E-state index in [0.717, 1.165) is 19.3 Å². The van der Waals surface area contributed by atoms with Gasteiger partial charge in [-0.2, -0.15) is 0 Å². The van der Waals surface area contributed by atoms with E-state index in [0.29, 0.717) is 0 Å². The average Bonchev–Trinajstić information content (AvgIpc) is 2.98. The zero-order valence-corrected chi connectivity index (χ0v) is 10.0. The van der Waals surface area contributed by atoms with Crippen molar-refractivity contribution in [1.29, 1.82) is 0 Å². The van der Waals surface area contributed by atoms with Crippen LogP contribution >= 0.6 is 0 Å². The Labute approximate surface area is 92.7 Å². The Morgan fingerprint density at radius 2 is 2.00 bits per heavy atom. The second-order valence-corrected chi connectivity index (χ2v) is 5.34. The van der Waals surface area contributed by atoms with Crippen molar-refractivity contribution >= 4 is 0 Å². The molecule has 82 valence electrons. The molecule has 0 spiro atoms. The fourth-order valence-electron chi connectivity index (χ4n) is 2.23. The van der Waals surface area contributed by atoms with Crippen LogP contribution in [0, 0.1) is 0 Å². The highest BCUT2D eigenvalue weighted by Gasteiger charge is 2.51. The lowest BCUT2D eigenvalue weighted by Gasteiger charge is -2.32. The van der Waals surface area contributed by atoms with Gasteiger partial charge in [0.25, 0.3) is 0 Å². The fourth-order valence-corrected chi connectivity index (χ4v) is 2.23. The summed E-state index contributed by atoms with van der Waals surface area (Å²) >= 11 is 0. The number of rotatable bonds is 3. The van der Waals surface area contributed by atoms with Gasteiger partial charge in [0.2, 0.25) is 0 Å². The highest BCUT2D eigenvalue weighted by Crippen LogP contribution is 2.49. The first-order valence-corrected chi connectivity index (χ1v) is 5.88. The number of benzene rings is 1. The molecule has 1 nitrogen and oxygen atoms in total. The van der Waals surface area contributed by atoms with Crippen LogP contribution in [0.1, 0.15) is 44.7 Å². The summed E-state index contributed by atoms with van der Waals surface area (Å²) in [5, 5.41) is 0. The van der Waals surface area contributed by atoms with Crippen molar-refractivity contribution in [2.75, 3.05) is 0 Å². The van der Waals surface area contributed by atoms with E-state index in [-0.39, 0.29) is 11.0 Å². The van der Waals surface area contributed by atoms with E-state index in [1.54, 1.807) is 0 Å². The van der Waals surface area contributed by atoms with Gasteiger partial charge in [-0.25, -0.2) is 0 Å². The van der Waals surface area contributed by atoms with E-state index in [9.17, 15) is 0 Å². The highest BCUT2D eigenvalue weighted by atomic mass is 14.9. The summed E-state index contributed by atoms with van der Waals surface area (Å²) in [6.45, 7) is 6.74. The van der Waals surface area contributed by atoms with Crippen LogP contribution < -0.4 is 5.73 Å². The number of nitrogens with two attached hydrogens (primary N) is 1. The minimum absolute atomic E-state index is 0.0410. The van der Waals surface area contributed by atoms with Crippen LogP contribution in [-0.2, 0) is 11.8 Å². The van der Waals surface area contributed by atoms with E-state index >= 15 is 0 Å². The molecule has 0 bridgehead atoms. The Bertz CT molecular complexity index is 361. The number of hydrogen-bond donors (Lipinski definition) is 1. The van der Waals surface area contributed by atoms with Crippen molar-refractivity contribution in [2.45, 2.75) is 51.0 Å². The normalized spacial score (nSPS) is 18.9. The molecule has 1 aromatic carbocycles. The lowest BCUT2D eigenvalue weighted by Crippen LogP contribution is -2.43. The lowest BCUT2D eigenvalue weighted by atomic mass is 9.75. The molecule has 0 heterocycles. The molecule has 1 aromatic rings. The first kappa shape index (κ1) is 10.7. The van der Waals surface area contributed by atoms with Crippen LogP contribution in [0.15, 0.2) is 24.3 Å². The molecule has 1 fully saturated rings. The quantitative estimate of drug-likeness (QED) is 0.803. The third-order valence-corrected chi connectivity index (χ3v) is 4.09. The smallest absolute Gasteiger partial charge is 0.0248 e. The molecule has 1 saturated carbocycles. The molecule has 0 saturated heterocycles. The Hall–Kier alpha value is -0.820. The maximum Gasteiger partial charge on any atom is 0.0248 e. The largest absolute Gasteiger partial charge is 0.324 e. The van der Waals surface area contributed by atoms with Gasteiger partial charge in [-0.15, -0.1) is 0 Å². The van der Waals surface area contributed by atoms with E-state index in [1.807, 2.05) is 0 Å². The SMILES string of the molecule is CCc1cccc(C(C)(C)C2(N)CC2)c1. The maximum atomic E-state index is 6.35. The number of aryl methyl sites for hydroxylation is 1. The molecule has 1 aliphatic rings. The van der Waals surface area contributed by atoms with Crippen LogP contribution in [0.5, 0.6) is 0 Å². The first-order valence-electron chi connectivity index (χ1n) is 5.88. The fraction of sp³-hybridized carbons (Fsp3) is 0.571. The molecule has 0 atom stereocenters. The Kier molecular flexibility index (Phi) is 2.38. The van der Waals surface area contributed by atoms with Crippen LogP contribution in [0.4, 0.5) is 0 Å². The first-order chi connectivity index (χ1) is 6.99. The summed E-state index contributed by atoms with van der Waals surface area (Å²) in [6, 6.07) is 8.87. The maximum absolute atomic E-state index is 6.35. The van der Waals surface area contributed by atoms with Crippen molar-refractivity contribution in [2.24, 2.45) is 5.73 Å². The van der Waals surface area contributed by atoms with Gasteiger partial charge in [0.1, 0.15) is 0 Å². The Balaban J connectivity index is 2.36. The van der Waals surface area contributed by atoms with E-state index in [2.05, 4.69) is 45.0 Å². The minimum atomic E-state index is 0.0410. The van der Waals surface area contributed by atoms with Crippen molar-refractivity contribution in [3.63, 3.8) is 0 Å². The van der Waals surface area contributed by atoms with Crippen molar-refractivity contribution in [3.05, 3.63) is 35.4 Å². The minimum Gasteiger partial charge on any atom is -0.324 e. The zero-order valence-electron chi connectivity index (χ0n) is 10.0. The summed E-state index contributed by atoms with van der Waals surface area (Å²) in [7, 11) is 0. The molecule has 0 amide bonds. The lowest BCUT2D eigenvalue weighted by molar-refractivity contribution is 0.391. The third kappa shape index (κ3) is 1.69. The summed E-state index contributed by atoms with van der Waals surface area (Å²) in [5.74, 6) is 0. The van der Waals surface area contributed by atoms with Gasteiger partial charge >= 0.3 is 0 Å². The van der Waals surface area contributed by atoms with E-state index in [4.69, 9.17) is 5.73 Å². The molecular weight excluding hydrogens is 182 g/mol.